The van der Waals surface area contributed by atoms with E-state index in [1.54, 1.807) is 0 Å². The first-order valence-corrected chi connectivity index (χ1v) is 6.27. The molecule has 2 N–H and O–H groups in total. The normalized spacial score (nSPS) is 35.4. The third-order valence-corrected chi connectivity index (χ3v) is 3.88. The Hall–Kier alpha value is -0.0800. The Balaban J connectivity index is 1.82. The summed E-state index contributed by atoms with van der Waals surface area (Å²) in [6, 6.07) is 0.696. The van der Waals surface area contributed by atoms with E-state index in [-0.39, 0.29) is 0 Å². The van der Waals surface area contributed by atoms with E-state index in [0.717, 1.165) is 11.8 Å². The fraction of sp³-hybridized carbons (Fsp3) is 1.00. The molecule has 2 unspecified atom stereocenters. The van der Waals surface area contributed by atoms with Crippen LogP contribution in [0.1, 0.15) is 46.0 Å². The summed E-state index contributed by atoms with van der Waals surface area (Å²) >= 11 is 0. The summed E-state index contributed by atoms with van der Waals surface area (Å²) in [6.07, 6.45) is 7.80. The Labute approximate surface area is 87.8 Å². The second kappa shape index (κ2) is 4.63. The molecule has 0 aromatic carbocycles. The minimum atomic E-state index is 0.614. The Bertz CT molecular complexity index is 173. The molecule has 2 nitrogen and oxygen atoms in total. The monoisotopic (exact) mass is 196 g/mol. The van der Waals surface area contributed by atoms with Gasteiger partial charge in [-0.2, -0.15) is 0 Å². The van der Waals surface area contributed by atoms with E-state index >= 15 is 0 Å². The van der Waals surface area contributed by atoms with Gasteiger partial charge in [0.25, 0.3) is 0 Å². The highest BCUT2D eigenvalue weighted by molar-refractivity contribution is 4.89. The van der Waals surface area contributed by atoms with Crippen LogP contribution in [-0.2, 0) is 0 Å². The van der Waals surface area contributed by atoms with E-state index in [4.69, 9.17) is 0 Å². The first kappa shape index (κ1) is 10.4. The molecule has 1 heterocycles. The van der Waals surface area contributed by atoms with Crippen molar-refractivity contribution in [3.63, 3.8) is 0 Å². The Morgan fingerprint density at radius 2 is 1.79 bits per heavy atom. The van der Waals surface area contributed by atoms with Crippen molar-refractivity contribution in [1.82, 2.24) is 10.6 Å². The quantitative estimate of drug-likeness (QED) is 0.707. The van der Waals surface area contributed by atoms with Crippen molar-refractivity contribution in [3.05, 3.63) is 0 Å². The fourth-order valence-electron chi connectivity index (χ4n) is 2.80. The van der Waals surface area contributed by atoms with Crippen molar-refractivity contribution in [1.29, 1.82) is 0 Å². The summed E-state index contributed by atoms with van der Waals surface area (Å²) in [5, 5.41) is 7.40. The van der Waals surface area contributed by atoms with Crippen LogP contribution in [0.4, 0.5) is 0 Å². The summed E-state index contributed by atoms with van der Waals surface area (Å²) in [5.74, 6) is 1.66. The average molecular weight is 196 g/mol. The summed E-state index contributed by atoms with van der Waals surface area (Å²) in [4.78, 5) is 0. The van der Waals surface area contributed by atoms with Gasteiger partial charge in [0.05, 0.1) is 6.17 Å². The van der Waals surface area contributed by atoms with Gasteiger partial charge in [-0.05, 0) is 24.7 Å². The first-order valence-electron chi connectivity index (χ1n) is 6.27. The van der Waals surface area contributed by atoms with Crippen molar-refractivity contribution < 1.29 is 0 Å². The van der Waals surface area contributed by atoms with Crippen LogP contribution in [0.5, 0.6) is 0 Å². The lowest BCUT2D eigenvalue weighted by Crippen LogP contribution is -2.42. The molecule has 2 atom stereocenters. The number of nitrogens with one attached hydrogen (secondary N) is 2. The van der Waals surface area contributed by atoms with E-state index in [0.29, 0.717) is 12.2 Å². The minimum Gasteiger partial charge on any atom is -0.300 e. The lowest BCUT2D eigenvalue weighted by Gasteiger charge is -2.28. The van der Waals surface area contributed by atoms with Gasteiger partial charge in [0.15, 0.2) is 0 Å². The molecule has 0 aromatic rings. The molecule has 2 rings (SSSR count). The molecule has 1 saturated heterocycles. The smallest absolute Gasteiger partial charge is 0.0603 e. The Kier molecular flexibility index (Phi) is 3.45. The fourth-order valence-corrected chi connectivity index (χ4v) is 2.80. The van der Waals surface area contributed by atoms with Crippen LogP contribution in [0, 0.1) is 11.8 Å². The van der Waals surface area contributed by atoms with Gasteiger partial charge in [-0.15, -0.1) is 0 Å². The van der Waals surface area contributed by atoms with Gasteiger partial charge in [0, 0.05) is 12.6 Å². The average Bonchev–Trinajstić information content (AvgIpc) is 2.68. The molecule has 0 bridgehead atoms. The van der Waals surface area contributed by atoms with Gasteiger partial charge in [0.1, 0.15) is 0 Å². The van der Waals surface area contributed by atoms with Crippen LogP contribution in [-0.4, -0.2) is 18.8 Å². The topological polar surface area (TPSA) is 24.1 Å². The Morgan fingerprint density at radius 1 is 1.07 bits per heavy atom. The zero-order valence-corrected chi connectivity index (χ0v) is 9.55. The van der Waals surface area contributed by atoms with Crippen LogP contribution >= 0.6 is 0 Å². The van der Waals surface area contributed by atoms with Crippen LogP contribution < -0.4 is 10.6 Å². The highest BCUT2D eigenvalue weighted by Crippen LogP contribution is 2.27. The maximum atomic E-state index is 3.75. The van der Waals surface area contributed by atoms with Crippen LogP contribution in [0.25, 0.3) is 0 Å². The van der Waals surface area contributed by atoms with Crippen molar-refractivity contribution in [2.45, 2.75) is 58.2 Å². The zero-order chi connectivity index (χ0) is 9.97. The van der Waals surface area contributed by atoms with E-state index in [9.17, 15) is 0 Å². The van der Waals surface area contributed by atoms with Gasteiger partial charge in [-0.1, -0.05) is 33.1 Å². The third kappa shape index (κ3) is 2.29. The molecule has 82 valence electrons. The molecule has 0 amide bonds. The number of hydrogen-bond donors (Lipinski definition) is 2. The van der Waals surface area contributed by atoms with Crippen LogP contribution in [0.2, 0.25) is 0 Å². The maximum Gasteiger partial charge on any atom is 0.0603 e. The van der Waals surface area contributed by atoms with Gasteiger partial charge in [-0.3, -0.25) is 5.32 Å². The van der Waals surface area contributed by atoms with E-state index in [1.165, 1.54) is 38.6 Å². The number of hydrogen-bond acceptors (Lipinski definition) is 2. The molecule has 1 saturated carbocycles. The summed E-state index contributed by atoms with van der Waals surface area (Å²) < 4.78 is 0. The predicted molar refractivity (Wildman–Crippen MR) is 60.1 cm³/mol. The Morgan fingerprint density at radius 3 is 2.36 bits per heavy atom. The highest BCUT2D eigenvalue weighted by atomic mass is 15.2. The van der Waals surface area contributed by atoms with Crippen molar-refractivity contribution in [3.8, 4) is 0 Å². The molecular formula is C12H24N2. The number of rotatable bonds is 2. The summed E-state index contributed by atoms with van der Waals surface area (Å²) in [5.41, 5.74) is 0. The highest BCUT2D eigenvalue weighted by Gasteiger charge is 2.31. The molecule has 2 fully saturated rings. The molecule has 1 aliphatic carbocycles. The van der Waals surface area contributed by atoms with Crippen LogP contribution in [0.15, 0.2) is 0 Å². The summed E-state index contributed by atoms with van der Waals surface area (Å²) in [7, 11) is 0. The zero-order valence-electron chi connectivity index (χ0n) is 9.55. The van der Waals surface area contributed by atoms with Gasteiger partial charge < -0.3 is 5.32 Å². The van der Waals surface area contributed by atoms with Gasteiger partial charge in [-0.25, -0.2) is 0 Å². The summed E-state index contributed by atoms with van der Waals surface area (Å²) in [6.45, 7) is 5.78. The molecule has 1 aliphatic heterocycles. The van der Waals surface area contributed by atoms with Crippen molar-refractivity contribution >= 4 is 0 Å². The standard InChI is InChI=1S/C12H24N2/c1-9(2)11-8-13-12(14-11)10-6-4-3-5-7-10/h9-14H,3-8H2,1-2H3. The molecular weight excluding hydrogens is 172 g/mol. The second-order valence-electron chi connectivity index (χ2n) is 5.30. The lowest BCUT2D eigenvalue weighted by molar-refractivity contribution is 0.261. The maximum absolute atomic E-state index is 3.75. The van der Waals surface area contributed by atoms with Crippen molar-refractivity contribution in [2.75, 3.05) is 6.54 Å². The minimum absolute atomic E-state index is 0.614. The predicted octanol–water partition coefficient (Wildman–Crippen LogP) is 2.11. The van der Waals surface area contributed by atoms with E-state index in [2.05, 4.69) is 24.5 Å². The van der Waals surface area contributed by atoms with E-state index < -0.39 is 0 Å². The molecule has 14 heavy (non-hydrogen) atoms. The lowest BCUT2D eigenvalue weighted by atomic mass is 9.87. The molecule has 2 aliphatic rings. The molecule has 0 aromatic heterocycles. The second-order valence-corrected chi connectivity index (χ2v) is 5.30. The van der Waals surface area contributed by atoms with Crippen LogP contribution in [0.3, 0.4) is 0 Å². The van der Waals surface area contributed by atoms with Gasteiger partial charge in [0.2, 0.25) is 0 Å². The van der Waals surface area contributed by atoms with E-state index in [1.807, 2.05) is 0 Å². The van der Waals surface area contributed by atoms with Crippen molar-refractivity contribution in [2.24, 2.45) is 11.8 Å². The third-order valence-electron chi connectivity index (χ3n) is 3.88. The first-order chi connectivity index (χ1) is 6.77. The largest absolute Gasteiger partial charge is 0.300 e. The molecule has 0 spiro atoms. The SMILES string of the molecule is CC(C)C1CNC(C2CCCCC2)N1. The molecule has 2 heteroatoms. The molecule has 0 radical (unpaired) electrons. The van der Waals surface area contributed by atoms with Gasteiger partial charge >= 0.3 is 0 Å².